The van der Waals surface area contributed by atoms with E-state index >= 15 is 0 Å². The lowest BCUT2D eigenvalue weighted by atomic mass is 10.2. The Morgan fingerprint density at radius 1 is 1.21 bits per heavy atom. The van der Waals surface area contributed by atoms with Crippen molar-refractivity contribution in [1.82, 2.24) is 19.6 Å². The van der Waals surface area contributed by atoms with Gasteiger partial charge in [0.15, 0.2) is 5.16 Å². The normalized spacial score (nSPS) is 14.0. The van der Waals surface area contributed by atoms with E-state index in [2.05, 4.69) is 20.5 Å². The molecule has 0 radical (unpaired) electrons. The zero-order valence-electron chi connectivity index (χ0n) is 16.4. The average molecular weight is 411 g/mol. The topological polar surface area (TPSA) is 92.5 Å². The Kier molecular flexibility index (Phi) is 5.48. The molecule has 9 heteroatoms. The van der Waals surface area contributed by atoms with Gasteiger partial charge in [-0.15, -0.1) is 10.2 Å². The Morgan fingerprint density at radius 3 is 2.72 bits per heavy atom. The van der Waals surface area contributed by atoms with Crippen LogP contribution in [0.5, 0.6) is 0 Å². The molecule has 1 N–H and O–H groups in total. The number of thioether (sulfide) groups is 1. The molecule has 0 saturated carbocycles. The molecule has 0 spiro atoms. The molecule has 0 unspecified atom stereocenters. The number of hydrogen-bond acceptors (Lipinski definition) is 6. The van der Waals surface area contributed by atoms with Crippen LogP contribution in [0.25, 0.3) is 5.78 Å². The van der Waals surface area contributed by atoms with E-state index < -0.39 is 0 Å². The van der Waals surface area contributed by atoms with Gasteiger partial charge in [0.2, 0.25) is 11.8 Å². The fourth-order valence-corrected chi connectivity index (χ4v) is 4.32. The van der Waals surface area contributed by atoms with Gasteiger partial charge in [0, 0.05) is 47.9 Å². The first-order chi connectivity index (χ1) is 14.0. The SMILES string of the molecule is Cc1cc(C)n2c(SCCC(=O)Nc3ccc(N4CCCC4=O)cc3)nnc2n1. The van der Waals surface area contributed by atoms with E-state index in [0.717, 1.165) is 40.9 Å². The number of nitrogens with zero attached hydrogens (tertiary/aromatic N) is 5. The largest absolute Gasteiger partial charge is 0.326 e. The molecule has 4 rings (SSSR count). The van der Waals surface area contributed by atoms with Crippen LogP contribution in [0, 0.1) is 13.8 Å². The summed E-state index contributed by atoms with van der Waals surface area (Å²) in [6.45, 7) is 4.67. The second kappa shape index (κ2) is 8.20. The summed E-state index contributed by atoms with van der Waals surface area (Å²) in [6, 6.07) is 9.37. The van der Waals surface area contributed by atoms with E-state index in [-0.39, 0.29) is 11.8 Å². The number of hydrogen-bond donors (Lipinski definition) is 1. The third-order valence-corrected chi connectivity index (χ3v) is 5.69. The number of fused-ring (bicyclic) bond motifs is 1. The molecule has 0 aliphatic carbocycles. The van der Waals surface area contributed by atoms with Crippen LogP contribution in [-0.4, -0.2) is 43.7 Å². The van der Waals surface area contributed by atoms with Gasteiger partial charge in [-0.25, -0.2) is 4.98 Å². The van der Waals surface area contributed by atoms with Gasteiger partial charge in [0.05, 0.1) is 0 Å². The quantitative estimate of drug-likeness (QED) is 0.628. The predicted molar refractivity (Wildman–Crippen MR) is 112 cm³/mol. The number of carbonyl (C=O) groups excluding carboxylic acids is 2. The summed E-state index contributed by atoms with van der Waals surface area (Å²) in [6.07, 6.45) is 1.85. The molecule has 1 aliphatic rings. The highest BCUT2D eigenvalue weighted by Crippen LogP contribution is 2.23. The summed E-state index contributed by atoms with van der Waals surface area (Å²) < 4.78 is 1.90. The van der Waals surface area contributed by atoms with Crippen LogP contribution in [0.15, 0.2) is 35.5 Å². The Morgan fingerprint density at radius 2 is 2.00 bits per heavy atom. The van der Waals surface area contributed by atoms with Gasteiger partial charge in [-0.1, -0.05) is 11.8 Å². The molecule has 2 amide bonds. The van der Waals surface area contributed by atoms with Gasteiger partial charge < -0.3 is 10.2 Å². The van der Waals surface area contributed by atoms with Gasteiger partial charge in [0.25, 0.3) is 5.78 Å². The molecule has 1 saturated heterocycles. The maximum absolute atomic E-state index is 12.3. The average Bonchev–Trinajstić information content (AvgIpc) is 3.29. The van der Waals surface area contributed by atoms with E-state index in [9.17, 15) is 9.59 Å². The van der Waals surface area contributed by atoms with Crippen molar-refractivity contribution in [3.8, 4) is 0 Å². The first-order valence-electron chi connectivity index (χ1n) is 9.54. The van der Waals surface area contributed by atoms with E-state index in [4.69, 9.17) is 0 Å². The Labute approximate surface area is 172 Å². The summed E-state index contributed by atoms with van der Waals surface area (Å²) >= 11 is 1.48. The summed E-state index contributed by atoms with van der Waals surface area (Å²) in [5, 5.41) is 11.9. The number of benzene rings is 1. The monoisotopic (exact) mass is 410 g/mol. The minimum atomic E-state index is -0.0676. The Bertz CT molecular complexity index is 1060. The Balaban J connectivity index is 1.31. The minimum Gasteiger partial charge on any atom is -0.326 e. The maximum Gasteiger partial charge on any atom is 0.256 e. The predicted octanol–water partition coefficient (Wildman–Crippen LogP) is 2.99. The number of rotatable bonds is 6. The first kappa shape index (κ1) is 19.4. The van der Waals surface area contributed by atoms with Crippen molar-refractivity contribution in [3.63, 3.8) is 0 Å². The molecule has 1 aliphatic heterocycles. The number of carbonyl (C=O) groups is 2. The van der Waals surface area contributed by atoms with Crippen molar-refractivity contribution < 1.29 is 9.59 Å². The molecule has 2 aromatic heterocycles. The molecule has 8 nitrogen and oxygen atoms in total. The minimum absolute atomic E-state index is 0.0676. The zero-order chi connectivity index (χ0) is 20.4. The molecule has 29 heavy (non-hydrogen) atoms. The number of aryl methyl sites for hydroxylation is 2. The van der Waals surface area contributed by atoms with Crippen LogP contribution < -0.4 is 10.2 Å². The Hall–Kier alpha value is -2.94. The molecule has 1 aromatic carbocycles. The van der Waals surface area contributed by atoms with E-state index in [1.54, 1.807) is 4.90 Å². The van der Waals surface area contributed by atoms with Crippen LogP contribution in [0.3, 0.4) is 0 Å². The number of aromatic nitrogens is 4. The fourth-order valence-electron chi connectivity index (χ4n) is 3.40. The van der Waals surface area contributed by atoms with E-state index in [0.29, 0.717) is 24.4 Å². The first-order valence-corrected chi connectivity index (χ1v) is 10.5. The number of anilines is 2. The summed E-state index contributed by atoms with van der Waals surface area (Å²) in [4.78, 5) is 30.2. The molecule has 1 fully saturated rings. The zero-order valence-corrected chi connectivity index (χ0v) is 17.2. The number of amides is 2. The van der Waals surface area contributed by atoms with Gasteiger partial charge in [0.1, 0.15) is 0 Å². The van der Waals surface area contributed by atoms with Crippen molar-refractivity contribution in [2.24, 2.45) is 0 Å². The van der Waals surface area contributed by atoms with Crippen LogP contribution in [-0.2, 0) is 9.59 Å². The summed E-state index contributed by atoms with van der Waals surface area (Å²) in [7, 11) is 0. The van der Waals surface area contributed by atoms with Gasteiger partial charge >= 0.3 is 0 Å². The highest BCUT2D eigenvalue weighted by Gasteiger charge is 2.21. The molecule has 150 valence electrons. The van der Waals surface area contributed by atoms with Crippen LogP contribution in [0.1, 0.15) is 30.7 Å². The lowest BCUT2D eigenvalue weighted by Gasteiger charge is -2.16. The standard InChI is InChI=1S/C20H22N6O2S/c1-13-12-14(2)26-19(21-13)23-24-20(26)29-11-9-17(27)22-15-5-7-16(8-6-15)25-10-3-4-18(25)28/h5-8,12H,3-4,9-11H2,1-2H3,(H,22,27). The second-order valence-corrected chi connectivity index (χ2v) is 8.06. The molecule has 3 aromatic rings. The van der Waals surface area contributed by atoms with Crippen molar-refractivity contribution in [1.29, 1.82) is 0 Å². The van der Waals surface area contributed by atoms with Gasteiger partial charge in [-0.05, 0) is 50.6 Å². The maximum atomic E-state index is 12.3. The van der Waals surface area contributed by atoms with E-state index in [1.165, 1.54) is 11.8 Å². The fraction of sp³-hybridized carbons (Fsp3) is 0.350. The van der Waals surface area contributed by atoms with E-state index in [1.807, 2.05) is 48.6 Å². The molecule has 0 bridgehead atoms. The molecular weight excluding hydrogens is 388 g/mol. The highest BCUT2D eigenvalue weighted by atomic mass is 32.2. The smallest absolute Gasteiger partial charge is 0.256 e. The lowest BCUT2D eigenvalue weighted by molar-refractivity contribution is -0.117. The van der Waals surface area contributed by atoms with Crippen molar-refractivity contribution in [3.05, 3.63) is 41.7 Å². The molecular formula is C20H22N6O2S. The van der Waals surface area contributed by atoms with Crippen molar-refractivity contribution in [2.75, 3.05) is 22.5 Å². The van der Waals surface area contributed by atoms with Crippen LogP contribution in [0.4, 0.5) is 11.4 Å². The van der Waals surface area contributed by atoms with Gasteiger partial charge in [-0.2, -0.15) is 0 Å². The lowest BCUT2D eigenvalue weighted by Crippen LogP contribution is -2.23. The van der Waals surface area contributed by atoms with Gasteiger partial charge in [-0.3, -0.25) is 14.0 Å². The third-order valence-electron chi connectivity index (χ3n) is 4.76. The number of nitrogens with one attached hydrogen (secondary N) is 1. The third kappa shape index (κ3) is 4.24. The second-order valence-electron chi connectivity index (χ2n) is 7.00. The summed E-state index contributed by atoms with van der Waals surface area (Å²) in [5.74, 6) is 1.24. The van der Waals surface area contributed by atoms with Crippen LogP contribution in [0.2, 0.25) is 0 Å². The molecule has 0 atom stereocenters. The molecule has 3 heterocycles. The highest BCUT2D eigenvalue weighted by molar-refractivity contribution is 7.99. The van der Waals surface area contributed by atoms with Crippen molar-refractivity contribution >= 4 is 40.7 Å². The van der Waals surface area contributed by atoms with Crippen molar-refractivity contribution in [2.45, 2.75) is 38.3 Å². The van der Waals surface area contributed by atoms with Crippen LogP contribution >= 0.6 is 11.8 Å². The summed E-state index contributed by atoms with van der Waals surface area (Å²) in [5.41, 5.74) is 3.51.